The summed E-state index contributed by atoms with van der Waals surface area (Å²) in [5, 5.41) is 12.7. The van der Waals surface area contributed by atoms with Crippen molar-refractivity contribution >= 4 is 21.9 Å². The van der Waals surface area contributed by atoms with Crippen LogP contribution in [0.3, 0.4) is 0 Å². The zero-order valence-electron chi connectivity index (χ0n) is 11.5. The Bertz CT molecular complexity index is 477. The SMILES string of the molecule is C=C(C)CNC(N)=NCC(O)COc1ccccc1Br. The van der Waals surface area contributed by atoms with Gasteiger partial charge in [-0.2, -0.15) is 0 Å². The average Bonchev–Trinajstić information content (AvgIpc) is 2.42. The third-order valence-electron chi connectivity index (χ3n) is 2.31. The number of guanidine groups is 1. The average molecular weight is 342 g/mol. The van der Waals surface area contributed by atoms with Crippen LogP contribution in [-0.4, -0.2) is 36.9 Å². The number of nitrogens with two attached hydrogens (primary N) is 1. The van der Waals surface area contributed by atoms with E-state index in [1.165, 1.54) is 0 Å². The van der Waals surface area contributed by atoms with E-state index >= 15 is 0 Å². The quantitative estimate of drug-likeness (QED) is 0.400. The van der Waals surface area contributed by atoms with Gasteiger partial charge in [0.15, 0.2) is 5.96 Å². The molecule has 0 radical (unpaired) electrons. The van der Waals surface area contributed by atoms with Gasteiger partial charge in [-0.15, -0.1) is 0 Å². The first-order chi connectivity index (χ1) is 9.49. The lowest BCUT2D eigenvalue weighted by Crippen LogP contribution is -2.34. The molecule has 1 rings (SSSR count). The molecule has 4 N–H and O–H groups in total. The minimum absolute atomic E-state index is 0.153. The first kappa shape index (κ1) is 16.5. The third-order valence-corrected chi connectivity index (χ3v) is 2.97. The summed E-state index contributed by atoms with van der Waals surface area (Å²) in [7, 11) is 0. The molecule has 0 fully saturated rings. The standard InChI is InChI=1S/C14H20BrN3O2/c1-10(2)7-17-14(16)18-8-11(19)9-20-13-6-4-3-5-12(13)15/h3-6,11,19H,1,7-9H2,2H3,(H3,16,17,18). The van der Waals surface area contributed by atoms with E-state index < -0.39 is 6.10 Å². The minimum atomic E-state index is -0.715. The molecule has 5 nitrogen and oxygen atoms in total. The number of hydrogen-bond acceptors (Lipinski definition) is 3. The van der Waals surface area contributed by atoms with Crippen molar-refractivity contribution in [1.29, 1.82) is 0 Å². The van der Waals surface area contributed by atoms with E-state index in [0.717, 1.165) is 10.0 Å². The van der Waals surface area contributed by atoms with Crippen molar-refractivity contribution in [2.75, 3.05) is 19.7 Å². The van der Waals surface area contributed by atoms with Gasteiger partial charge in [0.25, 0.3) is 0 Å². The van der Waals surface area contributed by atoms with Crippen LogP contribution in [0.15, 0.2) is 45.9 Å². The van der Waals surface area contributed by atoms with Crippen molar-refractivity contribution in [3.05, 3.63) is 40.9 Å². The van der Waals surface area contributed by atoms with Gasteiger partial charge < -0.3 is 20.9 Å². The highest BCUT2D eigenvalue weighted by molar-refractivity contribution is 9.10. The van der Waals surface area contributed by atoms with Crippen LogP contribution in [0.1, 0.15) is 6.92 Å². The number of hydrogen-bond donors (Lipinski definition) is 3. The Kier molecular flexibility index (Phi) is 7.11. The monoisotopic (exact) mass is 341 g/mol. The van der Waals surface area contributed by atoms with Gasteiger partial charge >= 0.3 is 0 Å². The van der Waals surface area contributed by atoms with E-state index in [2.05, 4.69) is 32.8 Å². The smallest absolute Gasteiger partial charge is 0.188 e. The number of aliphatic hydroxyl groups excluding tert-OH is 1. The lowest BCUT2D eigenvalue weighted by molar-refractivity contribution is 0.114. The number of rotatable bonds is 7. The van der Waals surface area contributed by atoms with Crippen LogP contribution in [0, 0.1) is 0 Å². The minimum Gasteiger partial charge on any atom is -0.490 e. The number of aliphatic hydroxyl groups is 1. The number of ether oxygens (including phenoxy) is 1. The molecule has 1 aromatic carbocycles. The van der Waals surface area contributed by atoms with Crippen molar-refractivity contribution in [3.63, 3.8) is 0 Å². The van der Waals surface area contributed by atoms with Crippen LogP contribution in [0.2, 0.25) is 0 Å². The van der Waals surface area contributed by atoms with Gasteiger partial charge in [0.2, 0.25) is 0 Å². The highest BCUT2D eigenvalue weighted by atomic mass is 79.9. The first-order valence-corrected chi connectivity index (χ1v) is 7.02. The van der Waals surface area contributed by atoms with Gasteiger partial charge in [0, 0.05) is 6.54 Å². The van der Waals surface area contributed by atoms with E-state index in [1.54, 1.807) is 0 Å². The summed E-state index contributed by atoms with van der Waals surface area (Å²) in [6, 6.07) is 7.46. The first-order valence-electron chi connectivity index (χ1n) is 6.22. The molecular formula is C14H20BrN3O2. The van der Waals surface area contributed by atoms with E-state index in [0.29, 0.717) is 12.3 Å². The largest absolute Gasteiger partial charge is 0.490 e. The summed E-state index contributed by atoms with van der Waals surface area (Å²) in [5.41, 5.74) is 6.60. The Morgan fingerprint density at radius 3 is 2.90 bits per heavy atom. The Labute approximate surface area is 127 Å². The van der Waals surface area contributed by atoms with Gasteiger partial charge in [-0.1, -0.05) is 24.3 Å². The van der Waals surface area contributed by atoms with Crippen molar-refractivity contribution in [2.24, 2.45) is 10.7 Å². The Morgan fingerprint density at radius 1 is 1.55 bits per heavy atom. The lowest BCUT2D eigenvalue weighted by Gasteiger charge is -2.12. The van der Waals surface area contributed by atoms with Crippen LogP contribution in [-0.2, 0) is 0 Å². The maximum absolute atomic E-state index is 9.78. The van der Waals surface area contributed by atoms with Crippen molar-refractivity contribution in [1.82, 2.24) is 5.32 Å². The molecule has 6 heteroatoms. The molecule has 1 aromatic rings. The molecule has 0 heterocycles. The van der Waals surface area contributed by atoms with Crippen LogP contribution in [0.4, 0.5) is 0 Å². The van der Waals surface area contributed by atoms with Gasteiger partial charge in [0.1, 0.15) is 18.5 Å². The van der Waals surface area contributed by atoms with Gasteiger partial charge in [-0.05, 0) is 35.0 Å². The molecular weight excluding hydrogens is 322 g/mol. The van der Waals surface area contributed by atoms with Crippen LogP contribution >= 0.6 is 15.9 Å². The normalized spacial score (nSPS) is 12.8. The lowest BCUT2D eigenvalue weighted by atomic mass is 10.3. The summed E-state index contributed by atoms with van der Waals surface area (Å²) >= 11 is 3.37. The summed E-state index contributed by atoms with van der Waals surface area (Å²) in [6.45, 7) is 6.54. The molecule has 20 heavy (non-hydrogen) atoms. The second-order valence-corrected chi connectivity index (χ2v) is 5.29. The van der Waals surface area contributed by atoms with Crippen LogP contribution in [0.25, 0.3) is 0 Å². The summed E-state index contributed by atoms with van der Waals surface area (Å²) in [4.78, 5) is 4.03. The van der Waals surface area contributed by atoms with Gasteiger partial charge in [0.05, 0.1) is 11.0 Å². The van der Waals surface area contributed by atoms with Crippen molar-refractivity contribution < 1.29 is 9.84 Å². The zero-order chi connectivity index (χ0) is 15.0. The Balaban J connectivity index is 2.33. The van der Waals surface area contributed by atoms with E-state index in [9.17, 15) is 5.11 Å². The molecule has 0 aliphatic rings. The number of nitrogens with one attached hydrogen (secondary N) is 1. The van der Waals surface area contributed by atoms with E-state index in [1.807, 2.05) is 31.2 Å². The maximum Gasteiger partial charge on any atom is 0.188 e. The highest BCUT2D eigenvalue weighted by Gasteiger charge is 2.06. The molecule has 0 aliphatic carbocycles. The molecule has 0 spiro atoms. The van der Waals surface area contributed by atoms with Crippen LogP contribution < -0.4 is 15.8 Å². The summed E-state index contributed by atoms with van der Waals surface area (Å²) in [6.07, 6.45) is -0.715. The fourth-order valence-corrected chi connectivity index (χ4v) is 1.70. The van der Waals surface area contributed by atoms with Crippen molar-refractivity contribution in [2.45, 2.75) is 13.0 Å². The number of para-hydroxylation sites is 1. The van der Waals surface area contributed by atoms with Gasteiger partial charge in [-0.25, -0.2) is 0 Å². The highest BCUT2D eigenvalue weighted by Crippen LogP contribution is 2.23. The fraction of sp³-hybridized carbons (Fsp3) is 0.357. The van der Waals surface area contributed by atoms with Crippen LogP contribution in [0.5, 0.6) is 5.75 Å². The Hall–Kier alpha value is -1.53. The molecule has 1 atom stereocenters. The molecule has 0 aliphatic heterocycles. The maximum atomic E-state index is 9.78. The second-order valence-electron chi connectivity index (χ2n) is 4.43. The summed E-state index contributed by atoms with van der Waals surface area (Å²) < 4.78 is 6.33. The number of nitrogens with zero attached hydrogens (tertiary/aromatic N) is 1. The zero-order valence-corrected chi connectivity index (χ0v) is 13.1. The second kappa shape index (κ2) is 8.60. The van der Waals surface area contributed by atoms with Gasteiger partial charge in [-0.3, -0.25) is 4.99 Å². The Morgan fingerprint density at radius 2 is 2.25 bits per heavy atom. The molecule has 110 valence electrons. The summed E-state index contributed by atoms with van der Waals surface area (Å²) in [5.74, 6) is 0.969. The fourth-order valence-electron chi connectivity index (χ4n) is 1.30. The third kappa shape index (κ3) is 6.58. The number of aliphatic imine (C=N–C) groups is 1. The topological polar surface area (TPSA) is 79.9 Å². The van der Waals surface area contributed by atoms with E-state index in [-0.39, 0.29) is 19.1 Å². The molecule has 0 saturated carbocycles. The molecule has 0 aromatic heterocycles. The predicted octanol–water partition coefficient (Wildman–Crippen LogP) is 1.67. The molecule has 1 unspecified atom stereocenters. The molecule has 0 bridgehead atoms. The van der Waals surface area contributed by atoms with E-state index in [4.69, 9.17) is 10.5 Å². The number of benzene rings is 1. The van der Waals surface area contributed by atoms with Crippen molar-refractivity contribution in [3.8, 4) is 5.75 Å². The number of halogens is 1. The molecule has 0 saturated heterocycles. The predicted molar refractivity (Wildman–Crippen MR) is 84.9 cm³/mol. The molecule has 0 amide bonds.